The third kappa shape index (κ3) is 3.60. The zero-order valence-electron chi connectivity index (χ0n) is 13.5. The van der Waals surface area contributed by atoms with Gasteiger partial charge in [-0.3, -0.25) is 13.9 Å². The van der Waals surface area contributed by atoms with Gasteiger partial charge in [-0.2, -0.15) is 5.11 Å². The standard InChI is InChI=1S/C15H18N6O2/c1-19(2)10-16-13-12(14(22)21(4)15(23)20(13)3)18-17-11-8-6-5-7-9-11/h5-10H,1-4H3/b16-10+,18-17?. The molecular formula is C15H18N6O2. The lowest BCUT2D eigenvalue weighted by atomic mass is 10.3. The number of aromatic nitrogens is 2. The Bertz CT molecular complexity index is 862. The van der Waals surface area contributed by atoms with Crippen LogP contribution in [-0.4, -0.2) is 34.5 Å². The number of azo groups is 1. The maximum Gasteiger partial charge on any atom is 0.332 e. The molecule has 0 unspecified atom stereocenters. The SMILES string of the molecule is CN(C)/C=N/c1c(N=Nc2ccccc2)c(=O)n(C)c(=O)n1C. The van der Waals surface area contributed by atoms with Crippen molar-refractivity contribution in [1.29, 1.82) is 0 Å². The van der Waals surface area contributed by atoms with Gasteiger partial charge in [-0.1, -0.05) is 18.2 Å². The molecular weight excluding hydrogens is 296 g/mol. The van der Waals surface area contributed by atoms with Gasteiger partial charge in [-0.05, 0) is 12.1 Å². The Balaban J connectivity index is 2.63. The van der Waals surface area contributed by atoms with Crippen molar-refractivity contribution in [3.05, 3.63) is 51.2 Å². The first-order valence-corrected chi connectivity index (χ1v) is 6.89. The van der Waals surface area contributed by atoms with E-state index in [0.29, 0.717) is 5.69 Å². The molecule has 8 heteroatoms. The highest BCUT2D eigenvalue weighted by molar-refractivity contribution is 5.65. The van der Waals surface area contributed by atoms with E-state index in [1.54, 1.807) is 31.1 Å². The fourth-order valence-corrected chi connectivity index (χ4v) is 1.82. The van der Waals surface area contributed by atoms with Crippen LogP contribution in [0.25, 0.3) is 0 Å². The second kappa shape index (κ2) is 6.82. The monoisotopic (exact) mass is 314 g/mol. The van der Waals surface area contributed by atoms with E-state index >= 15 is 0 Å². The van der Waals surface area contributed by atoms with Crippen LogP contribution in [0.1, 0.15) is 0 Å². The van der Waals surface area contributed by atoms with Crippen molar-refractivity contribution in [2.24, 2.45) is 29.3 Å². The summed E-state index contributed by atoms with van der Waals surface area (Å²) in [5, 5.41) is 8.06. The molecule has 0 saturated carbocycles. The van der Waals surface area contributed by atoms with E-state index in [0.717, 1.165) is 4.57 Å². The second-order valence-electron chi connectivity index (χ2n) is 5.12. The van der Waals surface area contributed by atoms with E-state index in [-0.39, 0.29) is 11.5 Å². The van der Waals surface area contributed by atoms with Gasteiger partial charge in [0.2, 0.25) is 0 Å². The van der Waals surface area contributed by atoms with Crippen molar-refractivity contribution in [2.45, 2.75) is 0 Å². The Morgan fingerprint density at radius 2 is 1.65 bits per heavy atom. The number of rotatable bonds is 4. The molecule has 2 aromatic rings. The zero-order chi connectivity index (χ0) is 17.0. The normalized spacial score (nSPS) is 11.5. The Kier molecular flexibility index (Phi) is 4.85. The van der Waals surface area contributed by atoms with Crippen LogP contribution in [0, 0.1) is 0 Å². The number of hydrogen-bond donors (Lipinski definition) is 0. The third-order valence-electron chi connectivity index (χ3n) is 3.04. The molecule has 0 radical (unpaired) electrons. The predicted octanol–water partition coefficient (Wildman–Crippen LogP) is 1.72. The Labute approximate surface area is 133 Å². The van der Waals surface area contributed by atoms with Gasteiger partial charge in [0.05, 0.1) is 12.0 Å². The molecule has 1 heterocycles. The van der Waals surface area contributed by atoms with Crippen LogP contribution in [0.5, 0.6) is 0 Å². The summed E-state index contributed by atoms with van der Waals surface area (Å²) in [6.07, 6.45) is 1.50. The molecule has 0 aliphatic rings. The molecule has 0 fully saturated rings. The summed E-state index contributed by atoms with van der Waals surface area (Å²) < 4.78 is 2.24. The highest BCUT2D eigenvalue weighted by atomic mass is 16.2. The molecule has 120 valence electrons. The van der Waals surface area contributed by atoms with E-state index in [9.17, 15) is 9.59 Å². The van der Waals surface area contributed by atoms with Gasteiger partial charge in [-0.25, -0.2) is 9.79 Å². The van der Waals surface area contributed by atoms with Gasteiger partial charge in [0, 0.05) is 28.2 Å². The first-order chi connectivity index (χ1) is 10.9. The Hall–Kier alpha value is -3.03. The lowest BCUT2D eigenvalue weighted by molar-refractivity contribution is 0.639. The van der Waals surface area contributed by atoms with Gasteiger partial charge in [0.15, 0.2) is 11.5 Å². The van der Waals surface area contributed by atoms with Crippen LogP contribution in [0.4, 0.5) is 17.2 Å². The van der Waals surface area contributed by atoms with Gasteiger partial charge >= 0.3 is 5.69 Å². The topological polar surface area (TPSA) is 84.3 Å². The minimum absolute atomic E-state index is 0.0107. The van der Waals surface area contributed by atoms with Gasteiger partial charge < -0.3 is 4.90 Å². The van der Waals surface area contributed by atoms with Crippen LogP contribution >= 0.6 is 0 Å². The molecule has 0 saturated heterocycles. The molecule has 0 bridgehead atoms. The van der Waals surface area contributed by atoms with Crippen molar-refractivity contribution < 1.29 is 0 Å². The fourth-order valence-electron chi connectivity index (χ4n) is 1.82. The van der Waals surface area contributed by atoms with Gasteiger partial charge in [-0.15, -0.1) is 5.11 Å². The fraction of sp³-hybridized carbons (Fsp3) is 0.267. The van der Waals surface area contributed by atoms with Gasteiger partial charge in [0.1, 0.15) is 0 Å². The summed E-state index contributed by atoms with van der Waals surface area (Å²) >= 11 is 0. The Morgan fingerprint density at radius 3 is 2.26 bits per heavy atom. The zero-order valence-corrected chi connectivity index (χ0v) is 13.5. The first-order valence-electron chi connectivity index (χ1n) is 6.89. The van der Waals surface area contributed by atoms with Gasteiger partial charge in [0.25, 0.3) is 5.56 Å². The molecule has 0 aliphatic carbocycles. The molecule has 2 rings (SSSR count). The summed E-state index contributed by atoms with van der Waals surface area (Å²) in [6, 6.07) is 9.02. The summed E-state index contributed by atoms with van der Waals surface area (Å²) in [4.78, 5) is 30.3. The Morgan fingerprint density at radius 1 is 1.00 bits per heavy atom. The lowest BCUT2D eigenvalue weighted by Gasteiger charge is -2.09. The minimum atomic E-state index is -0.543. The van der Waals surface area contributed by atoms with Crippen molar-refractivity contribution in [3.63, 3.8) is 0 Å². The van der Waals surface area contributed by atoms with Crippen LogP contribution < -0.4 is 11.2 Å². The highest BCUT2D eigenvalue weighted by Crippen LogP contribution is 2.23. The second-order valence-corrected chi connectivity index (χ2v) is 5.12. The summed E-state index contributed by atoms with van der Waals surface area (Å²) in [6.45, 7) is 0. The molecule has 0 amide bonds. The summed E-state index contributed by atoms with van der Waals surface area (Å²) in [5.41, 5.74) is -0.402. The molecule has 0 atom stereocenters. The van der Waals surface area contributed by atoms with E-state index in [1.165, 1.54) is 25.0 Å². The molecule has 1 aromatic heterocycles. The van der Waals surface area contributed by atoms with Crippen LogP contribution in [-0.2, 0) is 14.1 Å². The van der Waals surface area contributed by atoms with Crippen molar-refractivity contribution in [1.82, 2.24) is 14.0 Å². The minimum Gasteiger partial charge on any atom is -0.369 e. The number of hydrogen-bond acceptors (Lipinski definition) is 5. The largest absolute Gasteiger partial charge is 0.369 e. The lowest BCUT2D eigenvalue weighted by Crippen LogP contribution is -2.36. The predicted molar refractivity (Wildman–Crippen MR) is 89.4 cm³/mol. The highest BCUT2D eigenvalue weighted by Gasteiger charge is 2.14. The quantitative estimate of drug-likeness (QED) is 0.489. The van der Waals surface area contributed by atoms with E-state index in [4.69, 9.17) is 0 Å². The number of aliphatic imine (C=N–C) groups is 1. The summed E-state index contributed by atoms with van der Waals surface area (Å²) in [7, 11) is 6.50. The summed E-state index contributed by atoms with van der Waals surface area (Å²) in [5.74, 6) is 0.159. The smallest absolute Gasteiger partial charge is 0.332 e. The molecule has 1 aromatic carbocycles. The average molecular weight is 314 g/mol. The molecule has 0 spiro atoms. The average Bonchev–Trinajstić information content (AvgIpc) is 2.54. The molecule has 0 aliphatic heterocycles. The van der Waals surface area contributed by atoms with Crippen LogP contribution in [0.15, 0.2) is 55.1 Å². The van der Waals surface area contributed by atoms with E-state index in [2.05, 4.69) is 15.2 Å². The number of benzene rings is 1. The maximum atomic E-state index is 12.3. The van der Waals surface area contributed by atoms with Crippen molar-refractivity contribution in [3.8, 4) is 0 Å². The molecule has 0 N–H and O–H groups in total. The number of nitrogens with zero attached hydrogens (tertiary/aromatic N) is 6. The van der Waals surface area contributed by atoms with E-state index < -0.39 is 11.2 Å². The van der Waals surface area contributed by atoms with Crippen molar-refractivity contribution >= 4 is 23.5 Å². The van der Waals surface area contributed by atoms with Crippen molar-refractivity contribution in [2.75, 3.05) is 14.1 Å². The van der Waals surface area contributed by atoms with Crippen LogP contribution in [0.3, 0.4) is 0 Å². The third-order valence-corrected chi connectivity index (χ3v) is 3.04. The maximum absolute atomic E-state index is 12.3. The van der Waals surface area contributed by atoms with Crippen LogP contribution in [0.2, 0.25) is 0 Å². The first kappa shape index (κ1) is 16.3. The molecule has 23 heavy (non-hydrogen) atoms. The molecule has 8 nitrogen and oxygen atoms in total. The van der Waals surface area contributed by atoms with E-state index in [1.807, 2.05) is 18.2 Å².